The lowest BCUT2D eigenvalue weighted by molar-refractivity contribution is -0.385. The number of benzene rings is 2. The molecule has 0 aromatic heterocycles. The van der Waals surface area contributed by atoms with Crippen LogP contribution in [0.2, 0.25) is 5.02 Å². The lowest BCUT2D eigenvalue weighted by atomic mass is 10.2. The molecule has 0 aliphatic carbocycles. The van der Waals surface area contributed by atoms with Crippen LogP contribution in [-0.4, -0.2) is 53.4 Å². The first-order chi connectivity index (χ1) is 14.3. The molecule has 10 nitrogen and oxygen atoms in total. The fourth-order valence-corrected chi connectivity index (χ4v) is 3.40. The quantitative estimate of drug-likeness (QED) is 0.505. The summed E-state index contributed by atoms with van der Waals surface area (Å²) in [6.07, 6.45) is 0. The summed E-state index contributed by atoms with van der Waals surface area (Å²) in [7, 11) is 0. The molecule has 158 valence electrons. The molecule has 1 fully saturated rings. The predicted molar refractivity (Wildman–Crippen MR) is 110 cm³/mol. The first kappa shape index (κ1) is 21.3. The minimum atomic E-state index is -0.551. The van der Waals surface area contributed by atoms with Crippen molar-refractivity contribution >= 4 is 34.6 Å². The summed E-state index contributed by atoms with van der Waals surface area (Å²) in [4.78, 5) is 37.3. The third-order valence-corrected chi connectivity index (χ3v) is 5.00. The molecule has 0 unspecified atom stereocenters. The van der Waals surface area contributed by atoms with Crippen LogP contribution in [0.3, 0.4) is 0 Å². The first-order valence-corrected chi connectivity index (χ1v) is 9.48. The van der Waals surface area contributed by atoms with E-state index in [4.69, 9.17) is 16.3 Å². The van der Waals surface area contributed by atoms with E-state index in [9.17, 15) is 25.0 Å². The summed E-state index contributed by atoms with van der Waals surface area (Å²) in [6, 6.07) is 9.01. The highest BCUT2D eigenvalue weighted by Gasteiger charge is 2.26. The second-order valence-electron chi connectivity index (χ2n) is 6.77. The van der Waals surface area contributed by atoms with Gasteiger partial charge in [0.05, 0.1) is 9.85 Å². The molecule has 1 aliphatic rings. The van der Waals surface area contributed by atoms with Crippen molar-refractivity contribution in [3.63, 3.8) is 0 Å². The molecule has 1 aliphatic heterocycles. The van der Waals surface area contributed by atoms with Gasteiger partial charge in [-0.3, -0.25) is 25.0 Å². The molecular formula is C19H19ClN4O6. The predicted octanol–water partition coefficient (Wildman–Crippen LogP) is 3.19. The number of nitro groups is 2. The molecule has 2 aromatic rings. The Balaban J connectivity index is 1.60. The van der Waals surface area contributed by atoms with Crippen molar-refractivity contribution in [2.75, 3.05) is 37.7 Å². The number of hydrogen-bond donors (Lipinski definition) is 0. The maximum Gasteiger partial charge on any atom is 0.311 e. The molecule has 1 heterocycles. The SMILES string of the molecule is Cc1ccc(OCC(=O)N2CCN(c3ccc(Cl)cc3[N+](=O)[O-])CC2)c([N+](=O)[O-])c1. The van der Waals surface area contributed by atoms with Crippen molar-refractivity contribution in [1.29, 1.82) is 0 Å². The smallest absolute Gasteiger partial charge is 0.311 e. The lowest BCUT2D eigenvalue weighted by Crippen LogP contribution is -2.50. The third-order valence-electron chi connectivity index (χ3n) is 4.77. The Kier molecular flexibility index (Phi) is 6.36. The van der Waals surface area contributed by atoms with E-state index in [0.717, 1.165) is 0 Å². The van der Waals surface area contributed by atoms with Crippen LogP contribution in [0.25, 0.3) is 0 Å². The van der Waals surface area contributed by atoms with E-state index < -0.39 is 9.85 Å². The number of carbonyl (C=O) groups is 1. The van der Waals surface area contributed by atoms with E-state index in [1.54, 1.807) is 30.0 Å². The molecule has 3 rings (SSSR count). The molecule has 0 atom stereocenters. The number of carbonyl (C=O) groups excluding carboxylic acids is 1. The second kappa shape index (κ2) is 8.95. The fraction of sp³-hybridized carbons (Fsp3) is 0.316. The molecule has 11 heteroatoms. The van der Waals surface area contributed by atoms with Gasteiger partial charge in [-0.1, -0.05) is 17.7 Å². The van der Waals surface area contributed by atoms with Crippen LogP contribution in [-0.2, 0) is 4.79 Å². The molecule has 0 bridgehead atoms. The average molecular weight is 435 g/mol. The number of amides is 1. The highest BCUT2D eigenvalue weighted by atomic mass is 35.5. The van der Waals surface area contributed by atoms with Gasteiger partial charge in [0.2, 0.25) is 0 Å². The largest absolute Gasteiger partial charge is 0.477 e. The standard InChI is InChI=1S/C19H19ClN4O6/c1-13-2-5-18(17(10-13)24(28)29)30-12-19(25)22-8-6-21(7-9-22)15-4-3-14(20)11-16(15)23(26)27/h2-5,10-11H,6-9,12H2,1H3. The number of hydrogen-bond acceptors (Lipinski definition) is 7. The normalized spacial score (nSPS) is 13.8. The summed E-state index contributed by atoms with van der Waals surface area (Å²) in [5.41, 5.74) is 0.885. The van der Waals surface area contributed by atoms with E-state index in [-0.39, 0.29) is 34.7 Å². The maximum absolute atomic E-state index is 12.5. The zero-order valence-electron chi connectivity index (χ0n) is 16.1. The number of aryl methyl sites for hydroxylation is 1. The van der Waals surface area contributed by atoms with Gasteiger partial charge in [0.25, 0.3) is 11.6 Å². The van der Waals surface area contributed by atoms with Crippen LogP contribution in [0.5, 0.6) is 5.75 Å². The minimum absolute atomic E-state index is 0.0365. The Hall–Kier alpha value is -3.40. The molecular weight excluding hydrogens is 416 g/mol. The van der Waals surface area contributed by atoms with Gasteiger partial charge in [-0.15, -0.1) is 0 Å². The number of piperazine rings is 1. The van der Waals surface area contributed by atoms with E-state index in [0.29, 0.717) is 37.4 Å². The van der Waals surface area contributed by atoms with E-state index >= 15 is 0 Å². The number of anilines is 1. The van der Waals surface area contributed by atoms with Crippen molar-refractivity contribution in [1.82, 2.24) is 4.90 Å². The number of nitro benzene ring substituents is 2. The molecule has 1 amide bonds. The summed E-state index contributed by atoms with van der Waals surface area (Å²) in [6.45, 7) is 2.89. The van der Waals surface area contributed by atoms with Gasteiger partial charge < -0.3 is 14.5 Å². The summed E-state index contributed by atoms with van der Waals surface area (Å²) < 4.78 is 5.39. The monoisotopic (exact) mass is 434 g/mol. The molecule has 0 spiro atoms. The maximum atomic E-state index is 12.5. The van der Waals surface area contributed by atoms with Crippen molar-refractivity contribution in [3.8, 4) is 5.75 Å². The zero-order valence-corrected chi connectivity index (χ0v) is 16.9. The Morgan fingerprint density at radius 3 is 2.33 bits per heavy atom. The fourth-order valence-electron chi connectivity index (χ4n) is 3.23. The Morgan fingerprint density at radius 1 is 1.03 bits per heavy atom. The van der Waals surface area contributed by atoms with Crippen LogP contribution in [0, 0.1) is 27.2 Å². The highest BCUT2D eigenvalue weighted by Crippen LogP contribution is 2.32. The molecule has 0 radical (unpaired) electrons. The van der Waals surface area contributed by atoms with Crippen LogP contribution in [0.15, 0.2) is 36.4 Å². The molecule has 30 heavy (non-hydrogen) atoms. The summed E-state index contributed by atoms with van der Waals surface area (Å²) in [5.74, 6) is -0.274. The average Bonchev–Trinajstić information content (AvgIpc) is 2.72. The van der Waals surface area contributed by atoms with Crippen molar-refractivity contribution in [2.45, 2.75) is 6.92 Å². The zero-order chi connectivity index (χ0) is 21.8. The second-order valence-corrected chi connectivity index (χ2v) is 7.21. The topological polar surface area (TPSA) is 119 Å². The number of nitrogens with zero attached hydrogens (tertiary/aromatic N) is 4. The number of rotatable bonds is 6. The van der Waals surface area contributed by atoms with Gasteiger partial charge in [-0.05, 0) is 30.7 Å². The van der Waals surface area contributed by atoms with Gasteiger partial charge >= 0.3 is 5.69 Å². The Labute approximate surface area is 176 Å². The van der Waals surface area contributed by atoms with Gasteiger partial charge in [0, 0.05) is 43.3 Å². The summed E-state index contributed by atoms with van der Waals surface area (Å²) in [5, 5.41) is 22.7. The van der Waals surface area contributed by atoms with Gasteiger partial charge in [-0.2, -0.15) is 0 Å². The van der Waals surface area contributed by atoms with Crippen molar-refractivity contribution < 1.29 is 19.4 Å². The van der Waals surface area contributed by atoms with Crippen LogP contribution in [0.1, 0.15) is 5.56 Å². The van der Waals surface area contributed by atoms with E-state index in [1.165, 1.54) is 18.2 Å². The number of ether oxygens (including phenoxy) is 1. The van der Waals surface area contributed by atoms with E-state index in [1.807, 2.05) is 4.90 Å². The molecule has 0 saturated carbocycles. The molecule has 0 N–H and O–H groups in total. The van der Waals surface area contributed by atoms with Gasteiger partial charge in [0.15, 0.2) is 12.4 Å². The number of halogens is 1. The Bertz CT molecular complexity index is 991. The molecule has 2 aromatic carbocycles. The van der Waals surface area contributed by atoms with Crippen LogP contribution >= 0.6 is 11.6 Å². The third kappa shape index (κ3) is 4.77. The minimum Gasteiger partial charge on any atom is -0.477 e. The first-order valence-electron chi connectivity index (χ1n) is 9.11. The summed E-state index contributed by atoms with van der Waals surface area (Å²) >= 11 is 5.86. The molecule has 1 saturated heterocycles. The van der Waals surface area contributed by atoms with Crippen LogP contribution in [0.4, 0.5) is 17.1 Å². The van der Waals surface area contributed by atoms with Gasteiger partial charge in [0.1, 0.15) is 5.69 Å². The lowest BCUT2D eigenvalue weighted by Gasteiger charge is -2.35. The van der Waals surface area contributed by atoms with Crippen LogP contribution < -0.4 is 9.64 Å². The van der Waals surface area contributed by atoms with Crippen molar-refractivity contribution in [3.05, 3.63) is 67.2 Å². The van der Waals surface area contributed by atoms with Crippen molar-refractivity contribution in [2.24, 2.45) is 0 Å². The Morgan fingerprint density at radius 2 is 1.70 bits per heavy atom. The highest BCUT2D eigenvalue weighted by molar-refractivity contribution is 6.30. The van der Waals surface area contributed by atoms with E-state index in [2.05, 4.69) is 0 Å². The van der Waals surface area contributed by atoms with Gasteiger partial charge in [-0.25, -0.2) is 0 Å².